The van der Waals surface area contributed by atoms with Crippen LogP contribution in [0.5, 0.6) is 11.5 Å². The molecule has 0 spiro atoms. The molecule has 0 saturated carbocycles. The summed E-state index contributed by atoms with van der Waals surface area (Å²) in [5.41, 5.74) is 2.09. The third-order valence-electron chi connectivity index (χ3n) is 5.98. The van der Waals surface area contributed by atoms with E-state index < -0.39 is 18.1 Å². The van der Waals surface area contributed by atoms with Gasteiger partial charge in [0.25, 0.3) is 5.91 Å². The lowest BCUT2D eigenvalue weighted by atomic mass is 9.90. The minimum atomic E-state index is -0.921. The summed E-state index contributed by atoms with van der Waals surface area (Å²) in [6, 6.07) is 21.4. The van der Waals surface area contributed by atoms with E-state index in [0.29, 0.717) is 17.2 Å². The van der Waals surface area contributed by atoms with Crippen molar-refractivity contribution in [1.29, 1.82) is 0 Å². The largest absolute Gasteiger partial charge is 0.497 e. The summed E-state index contributed by atoms with van der Waals surface area (Å²) in [5.74, 6) is 0.0471. The van der Waals surface area contributed by atoms with Gasteiger partial charge in [0.15, 0.2) is 6.10 Å². The maximum atomic E-state index is 13.6. The molecule has 0 unspecified atom stereocenters. The Morgan fingerprint density at radius 2 is 1.30 bits per heavy atom. The molecule has 0 bridgehead atoms. The number of rotatable bonds is 5. The normalized spacial score (nSPS) is 22.0. The number of hydrogen-bond acceptors (Lipinski definition) is 6. The number of amides is 2. The summed E-state index contributed by atoms with van der Waals surface area (Å²) in [6.07, 6.45) is -0.921. The Morgan fingerprint density at radius 3 is 1.88 bits per heavy atom. The number of methoxy groups -OCH3 is 2. The standard InChI is InChI=1S/C25H21BrN2O5/c1-31-19-11-3-15(4-12-19)22-21-23(33-28(22)18-9-13-20(32-2)14-10-18)25(30)27(24(21)29)17-7-5-16(26)6-8-17/h3-14,21-23H,1-2H3/t21-,22-,23-/m1/s1. The van der Waals surface area contributed by atoms with Crippen LogP contribution in [0.2, 0.25) is 0 Å². The highest BCUT2D eigenvalue weighted by Crippen LogP contribution is 2.48. The van der Waals surface area contributed by atoms with Gasteiger partial charge in [0.2, 0.25) is 5.91 Å². The molecule has 0 N–H and O–H groups in total. The van der Waals surface area contributed by atoms with Crippen molar-refractivity contribution < 1.29 is 23.9 Å². The van der Waals surface area contributed by atoms with Crippen LogP contribution in [-0.2, 0) is 14.4 Å². The van der Waals surface area contributed by atoms with Crippen molar-refractivity contribution in [2.45, 2.75) is 12.1 Å². The second-order valence-electron chi connectivity index (χ2n) is 7.78. The molecule has 3 aromatic carbocycles. The SMILES string of the molecule is COc1ccc([C@@H]2[C@H]3C(=O)N(c4ccc(Br)cc4)C(=O)[C@@H]3ON2c2ccc(OC)cc2)cc1. The lowest BCUT2D eigenvalue weighted by Crippen LogP contribution is -2.37. The van der Waals surface area contributed by atoms with Gasteiger partial charge in [-0.15, -0.1) is 0 Å². The first kappa shape index (κ1) is 21.5. The topological polar surface area (TPSA) is 68.3 Å². The van der Waals surface area contributed by atoms with Gasteiger partial charge in [0, 0.05) is 4.47 Å². The van der Waals surface area contributed by atoms with Crippen LogP contribution >= 0.6 is 15.9 Å². The third kappa shape index (κ3) is 3.65. The number of benzene rings is 3. The van der Waals surface area contributed by atoms with Crippen molar-refractivity contribution >= 4 is 39.1 Å². The zero-order valence-corrected chi connectivity index (χ0v) is 19.6. The first-order valence-corrected chi connectivity index (χ1v) is 11.2. The van der Waals surface area contributed by atoms with Crippen LogP contribution in [0.3, 0.4) is 0 Å². The number of halogens is 1. The second-order valence-corrected chi connectivity index (χ2v) is 8.70. The Balaban J connectivity index is 1.56. The van der Waals surface area contributed by atoms with E-state index in [1.165, 1.54) is 4.90 Å². The van der Waals surface area contributed by atoms with Crippen LogP contribution < -0.4 is 19.4 Å². The molecule has 2 saturated heterocycles. The summed E-state index contributed by atoms with van der Waals surface area (Å²) >= 11 is 3.39. The molecule has 2 amide bonds. The monoisotopic (exact) mass is 508 g/mol. The van der Waals surface area contributed by atoms with Crippen molar-refractivity contribution in [1.82, 2.24) is 0 Å². The Hall–Kier alpha value is -3.36. The quantitative estimate of drug-likeness (QED) is 0.472. The average molecular weight is 509 g/mol. The molecular weight excluding hydrogens is 488 g/mol. The predicted molar refractivity (Wildman–Crippen MR) is 126 cm³/mol. The molecule has 168 valence electrons. The van der Waals surface area contributed by atoms with Crippen molar-refractivity contribution in [3.05, 3.63) is 82.8 Å². The van der Waals surface area contributed by atoms with Crippen LogP contribution in [0, 0.1) is 5.92 Å². The number of anilines is 2. The molecule has 0 aliphatic carbocycles. The summed E-state index contributed by atoms with van der Waals surface area (Å²) < 4.78 is 11.4. The maximum absolute atomic E-state index is 13.6. The number of imide groups is 1. The van der Waals surface area contributed by atoms with Gasteiger partial charge >= 0.3 is 0 Å². The van der Waals surface area contributed by atoms with Crippen LogP contribution in [-0.4, -0.2) is 32.1 Å². The van der Waals surface area contributed by atoms with E-state index in [1.807, 2.05) is 48.5 Å². The van der Waals surface area contributed by atoms with Crippen molar-refractivity contribution in [3.63, 3.8) is 0 Å². The number of nitrogens with zero attached hydrogens (tertiary/aromatic N) is 2. The molecule has 3 atom stereocenters. The van der Waals surface area contributed by atoms with E-state index in [9.17, 15) is 9.59 Å². The van der Waals surface area contributed by atoms with Crippen LogP contribution in [0.15, 0.2) is 77.3 Å². The van der Waals surface area contributed by atoms with Gasteiger partial charge in [0.05, 0.1) is 31.6 Å². The lowest BCUT2D eigenvalue weighted by Gasteiger charge is -2.29. The molecule has 2 aliphatic heterocycles. The molecule has 7 nitrogen and oxygen atoms in total. The average Bonchev–Trinajstić information content (AvgIpc) is 3.36. The van der Waals surface area contributed by atoms with E-state index in [1.54, 1.807) is 43.5 Å². The van der Waals surface area contributed by atoms with E-state index >= 15 is 0 Å². The van der Waals surface area contributed by atoms with Crippen molar-refractivity contribution in [3.8, 4) is 11.5 Å². The third-order valence-corrected chi connectivity index (χ3v) is 6.51. The smallest absolute Gasteiger partial charge is 0.266 e. The van der Waals surface area contributed by atoms with Gasteiger partial charge < -0.3 is 9.47 Å². The van der Waals surface area contributed by atoms with Gasteiger partial charge in [-0.3, -0.25) is 14.4 Å². The van der Waals surface area contributed by atoms with E-state index in [4.69, 9.17) is 14.3 Å². The molecule has 0 radical (unpaired) electrons. The number of hydroxylamine groups is 1. The highest BCUT2D eigenvalue weighted by Gasteiger charge is 2.60. The van der Waals surface area contributed by atoms with Crippen LogP contribution in [0.4, 0.5) is 11.4 Å². The molecule has 2 aliphatic rings. The molecular formula is C25H21BrN2O5. The fourth-order valence-corrected chi connectivity index (χ4v) is 4.62. The van der Waals surface area contributed by atoms with Gasteiger partial charge in [-0.05, 0) is 66.2 Å². The fourth-order valence-electron chi connectivity index (χ4n) is 4.35. The van der Waals surface area contributed by atoms with Crippen LogP contribution in [0.1, 0.15) is 11.6 Å². The summed E-state index contributed by atoms with van der Waals surface area (Å²) in [7, 11) is 3.20. The summed E-state index contributed by atoms with van der Waals surface area (Å²) in [6.45, 7) is 0. The molecule has 2 heterocycles. The zero-order valence-electron chi connectivity index (χ0n) is 18.0. The van der Waals surface area contributed by atoms with E-state index in [-0.39, 0.29) is 11.8 Å². The summed E-state index contributed by atoms with van der Waals surface area (Å²) in [5, 5.41) is 1.66. The van der Waals surface area contributed by atoms with E-state index in [0.717, 1.165) is 15.7 Å². The zero-order chi connectivity index (χ0) is 23.1. The Labute approximate surface area is 199 Å². The minimum absolute atomic E-state index is 0.288. The molecule has 3 aromatic rings. The number of carbonyl (C=O) groups is 2. The van der Waals surface area contributed by atoms with E-state index in [2.05, 4.69) is 15.9 Å². The number of ether oxygens (including phenoxy) is 2. The van der Waals surface area contributed by atoms with Crippen molar-refractivity contribution in [2.24, 2.45) is 5.92 Å². The molecule has 33 heavy (non-hydrogen) atoms. The first-order valence-electron chi connectivity index (χ1n) is 10.4. The van der Waals surface area contributed by atoms with Crippen molar-refractivity contribution in [2.75, 3.05) is 24.2 Å². The number of carbonyl (C=O) groups excluding carboxylic acids is 2. The van der Waals surface area contributed by atoms with Gasteiger partial charge in [-0.25, -0.2) is 9.96 Å². The number of hydrogen-bond donors (Lipinski definition) is 0. The fraction of sp³-hybridized carbons (Fsp3) is 0.200. The van der Waals surface area contributed by atoms with Gasteiger partial charge in [0.1, 0.15) is 17.4 Å². The van der Waals surface area contributed by atoms with Gasteiger partial charge in [-0.1, -0.05) is 28.1 Å². The predicted octanol–water partition coefficient (Wildman–Crippen LogP) is 4.52. The Bertz CT molecular complexity index is 1180. The van der Waals surface area contributed by atoms with Crippen LogP contribution in [0.25, 0.3) is 0 Å². The molecule has 2 fully saturated rings. The Morgan fingerprint density at radius 1 is 0.758 bits per heavy atom. The summed E-state index contributed by atoms with van der Waals surface area (Å²) in [4.78, 5) is 34.3. The highest BCUT2D eigenvalue weighted by molar-refractivity contribution is 9.10. The number of fused-ring (bicyclic) bond motifs is 1. The first-order chi connectivity index (χ1) is 16.0. The maximum Gasteiger partial charge on any atom is 0.266 e. The molecule has 5 rings (SSSR count). The molecule has 0 aromatic heterocycles. The highest BCUT2D eigenvalue weighted by atomic mass is 79.9. The Kier molecular flexibility index (Phi) is 5.55. The lowest BCUT2D eigenvalue weighted by molar-refractivity contribution is -0.126. The van der Waals surface area contributed by atoms with Gasteiger partial charge in [-0.2, -0.15) is 0 Å². The minimum Gasteiger partial charge on any atom is -0.497 e. The second kappa shape index (κ2) is 8.53. The molecule has 8 heteroatoms.